The third-order valence-electron chi connectivity index (χ3n) is 2.09. The number of rotatable bonds is 5. The van der Waals surface area contributed by atoms with Crippen LogP contribution >= 0.6 is 0 Å². The molecule has 0 aliphatic heterocycles. The van der Waals surface area contributed by atoms with Gasteiger partial charge in [0.2, 0.25) is 0 Å². The molecule has 1 amide bonds. The van der Waals surface area contributed by atoms with Gasteiger partial charge in [-0.25, -0.2) is 14.8 Å². The number of nitrogens with zero attached hydrogens (tertiary/aromatic N) is 2. The first-order valence-electron chi connectivity index (χ1n) is 6.31. The number of aromatic nitrogens is 2. The van der Waals surface area contributed by atoms with Crippen molar-refractivity contribution in [1.82, 2.24) is 15.3 Å². The highest BCUT2D eigenvalue weighted by atomic mass is 16.6. The molecule has 106 valence electrons. The van der Waals surface area contributed by atoms with Crippen molar-refractivity contribution in [1.29, 1.82) is 0 Å². The summed E-state index contributed by atoms with van der Waals surface area (Å²) < 4.78 is 10.4. The van der Waals surface area contributed by atoms with Crippen molar-refractivity contribution in [2.75, 3.05) is 13.2 Å². The number of carbonyl (C=O) groups is 1. The predicted octanol–water partition coefficient (Wildman–Crippen LogP) is 1.94. The van der Waals surface area contributed by atoms with Crippen LogP contribution in [-0.4, -0.2) is 34.8 Å². The van der Waals surface area contributed by atoms with Crippen molar-refractivity contribution < 1.29 is 14.3 Å². The molecule has 0 bridgehead atoms. The largest absolute Gasteiger partial charge is 0.462 e. The van der Waals surface area contributed by atoms with Gasteiger partial charge in [-0.2, -0.15) is 0 Å². The summed E-state index contributed by atoms with van der Waals surface area (Å²) in [6.07, 6.45) is 3.88. The zero-order valence-electron chi connectivity index (χ0n) is 11.9. The average Bonchev–Trinajstić information content (AvgIpc) is 2.33. The second-order valence-corrected chi connectivity index (χ2v) is 5.00. The predicted molar refractivity (Wildman–Crippen MR) is 71.1 cm³/mol. The van der Waals surface area contributed by atoms with Gasteiger partial charge < -0.3 is 14.8 Å². The minimum Gasteiger partial charge on any atom is -0.462 e. The molecule has 1 aromatic rings. The van der Waals surface area contributed by atoms with Gasteiger partial charge in [0, 0.05) is 12.4 Å². The van der Waals surface area contributed by atoms with E-state index >= 15 is 0 Å². The van der Waals surface area contributed by atoms with Crippen LogP contribution in [0, 0.1) is 0 Å². The molecule has 19 heavy (non-hydrogen) atoms. The Morgan fingerprint density at radius 1 is 1.32 bits per heavy atom. The number of hydrogen-bond acceptors (Lipinski definition) is 5. The molecule has 1 N–H and O–H groups in total. The maximum absolute atomic E-state index is 11.3. The maximum atomic E-state index is 11.3. The molecule has 6 heteroatoms. The molecule has 0 fully saturated rings. The van der Waals surface area contributed by atoms with E-state index in [1.54, 1.807) is 12.4 Å². The molecule has 1 aromatic heterocycles. The Morgan fingerprint density at radius 2 is 1.95 bits per heavy atom. The Bertz CT molecular complexity index is 399. The number of ether oxygens (including phenoxy) is 2. The minimum atomic E-state index is -0.496. The van der Waals surface area contributed by atoms with Crippen molar-refractivity contribution in [3.63, 3.8) is 0 Å². The van der Waals surface area contributed by atoms with Crippen LogP contribution in [0.15, 0.2) is 12.4 Å². The fourth-order valence-corrected chi connectivity index (χ4v) is 1.21. The molecule has 0 unspecified atom stereocenters. The van der Waals surface area contributed by atoms with E-state index in [9.17, 15) is 4.79 Å². The Balaban J connectivity index is 2.21. The summed E-state index contributed by atoms with van der Waals surface area (Å²) in [6.45, 7) is 8.10. The first-order valence-corrected chi connectivity index (χ1v) is 6.31. The molecule has 0 spiro atoms. The third-order valence-corrected chi connectivity index (χ3v) is 2.09. The monoisotopic (exact) mass is 267 g/mol. The smallest absolute Gasteiger partial charge is 0.407 e. The average molecular weight is 267 g/mol. The molecule has 0 saturated carbocycles. The number of alkyl carbamates (subject to hydrolysis) is 1. The van der Waals surface area contributed by atoms with Crippen LogP contribution in [0.2, 0.25) is 0 Å². The maximum Gasteiger partial charge on any atom is 0.407 e. The zero-order chi connectivity index (χ0) is 14.3. The number of aryl methyl sites for hydroxylation is 1. The van der Waals surface area contributed by atoms with Crippen molar-refractivity contribution in [2.24, 2.45) is 0 Å². The van der Waals surface area contributed by atoms with E-state index in [2.05, 4.69) is 15.3 Å². The lowest BCUT2D eigenvalue weighted by molar-refractivity contribution is 0.0519. The second kappa shape index (κ2) is 6.92. The van der Waals surface area contributed by atoms with Gasteiger partial charge in [-0.1, -0.05) is 6.92 Å². The van der Waals surface area contributed by atoms with Gasteiger partial charge in [-0.15, -0.1) is 0 Å². The van der Waals surface area contributed by atoms with Crippen LogP contribution < -0.4 is 10.1 Å². The van der Waals surface area contributed by atoms with Crippen molar-refractivity contribution >= 4 is 6.09 Å². The second-order valence-electron chi connectivity index (χ2n) is 5.00. The van der Waals surface area contributed by atoms with E-state index < -0.39 is 11.7 Å². The van der Waals surface area contributed by atoms with Gasteiger partial charge in [0.1, 0.15) is 12.2 Å². The molecule has 0 aromatic carbocycles. The summed E-state index contributed by atoms with van der Waals surface area (Å²) in [5.74, 6) is 0. The lowest BCUT2D eigenvalue weighted by Gasteiger charge is -2.19. The standard InChI is InChI=1S/C13H21N3O3/c1-5-10-8-15-11(16-9-10)18-7-6-14-12(17)19-13(2,3)4/h8-9H,5-7H2,1-4H3,(H,14,17). The molecule has 0 radical (unpaired) electrons. The van der Waals surface area contributed by atoms with Crippen molar-refractivity contribution in [3.8, 4) is 6.01 Å². The fraction of sp³-hybridized carbons (Fsp3) is 0.615. The van der Waals surface area contributed by atoms with Gasteiger partial charge in [0.15, 0.2) is 0 Å². The van der Waals surface area contributed by atoms with Crippen molar-refractivity contribution in [2.45, 2.75) is 39.7 Å². The molecule has 1 rings (SSSR count). The molecule has 0 atom stereocenters. The van der Waals surface area contributed by atoms with Crippen LogP contribution in [0.3, 0.4) is 0 Å². The summed E-state index contributed by atoms with van der Waals surface area (Å²) >= 11 is 0. The summed E-state index contributed by atoms with van der Waals surface area (Å²) in [7, 11) is 0. The normalized spacial score (nSPS) is 10.9. The fourth-order valence-electron chi connectivity index (χ4n) is 1.21. The summed E-state index contributed by atoms with van der Waals surface area (Å²) in [5, 5.41) is 2.59. The Kier molecular flexibility index (Phi) is 5.54. The zero-order valence-corrected chi connectivity index (χ0v) is 11.9. The van der Waals surface area contributed by atoms with E-state index in [-0.39, 0.29) is 0 Å². The van der Waals surface area contributed by atoms with Crippen LogP contribution in [0.1, 0.15) is 33.3 Å². The molecule has 0 aliphatic rings. The molecule has 1 heterocycles. The highest BCUT2D eigenvalue weighted by Crippen LogP contribution is 2.06. The number of hydrogen-bond donors (Lipinski definition) is 1. The van der Waals surface area contributed by atoms with Gasteiger partial charge in [0.05, 0.1) is 6.54 Å². The summed E-state index contributed by atoms with van der Waals surface area (Å²) in [4.78, 5) is 19.4. The van der Waals surface area contributed by atoms with Crippen molar-refractivity contribution in [3.05, 3.63) is 18.0 Å². The SMILES string of the molecule is CCc1cnc(OCCNC(=O)OC(C)(C)C)nc1. The van der Waals surface area contributed by atoms with Gasteiger partial charge in [-0.3, -0.25) is 0 Å². The Morgan fingerprint density at radius 3 is 2.47 bits per heavy atom. The number of carbonyl (C=O) groups excluding carboxylic acids is 1. The highest BCUT2D eigenvalue weighted by molar-refractivity contribution is 5.67. The Labute approximate surface area is 113 Å². The van der Waals surface area contributed by atoms with Gasteiger partial charge in [-0.05, 0) is 32.8 Å². The lowest BCUT2D eigenvalue weighted by Crippen LogP contribution is -2.34. The topological polar surface area (TPSA) is 73.3 Å². The van der Waals surface area contributed by atoms with Crippen LogP contribution in [0.5, 0.6) is 6.01 Å². The quantitative estimate of drug-likeness (QED) is 0.825. The van der Waals surface area contributed by atoms with E-state index in [0.29, 0.717) is 19.2 Å². The van der Waals surface area contributed by atoms with E-state index in [1.807, 2.05) is 27.7 Å². The van der Waals surface area contributed by atoms with Crippen LogP contribution in [-0.2, 0) is 11.2 Å². The molecular weight excluding hydrogens is 246 g/mol. The lowest BCUT2D eigenvalue weighted by atomic mass is 10.2. The molecule has 0 saturated heterocycles. The van der Waals surface area contributed by atoms with Gasteiger partial charge >= 0.3 is 12.1 Å². The van der Waals surface area contributed by atoms with E-state index in [0.717, 1.165) is 12.0 Å². The van der Waals surface area contributed by atoms with Crippen LogP contribution in [0.25, 0.3) is 0 Å². The number of amides is 1. The highest BCUT2D eigenvalue weighted by Gasteiger charge is 2.15. The van der Waals surface area contributed by atoms with E-state index in [4.69, 9.17) is 9.47 Å². The van der Waals surface area contributed by atoms with Crippen LogP contribution in [0.4, 0.5) is 4.79 Å². The third kappa shape index (κ3) is 6.59. The molecule has 6 nitrogen and oxygen atoms in total. The van der Waals surface area contributed by atoms with E-state index in [1.165, 1.54) is 0 Å². The first-order chi connectivity index (χ1) is 8.90. The number of nitrogens with one attached hydrogen (secondary N) is 1. The first kappa shape index (κ1) is 15.2. The molecular formula is C13H21N3O3. The molecule has 0 aliphatic carbocycles. The minimum absolute atomic E-state index is 0.296. The van der Waals surface area contributed by atoms with Gasteiger partial charge in [0.25, 0.3) is 0 Å². The summed E-state index contributed by atoms with van der Waals surface area (Å²) in [5.41, 5.74) is 0.559. The Hall–Kier alpha value is -1.85. The summed E-state index contributed by atoms with van der Waals surface area (Å²) in [6, 6.07) is 0.309.